The second kappa shape index (κ2) is 9.82. The summed E-state index contributed by atoms with van der Waals surface area (Å²) in [4.78, 5) is 12.1. The first kappa shape index (κ1) is 18.9. The molecule has 1 aromatic rings. The van der Waals surface area contributed by atoms with Crippen molar-refractivity contribution in [2.45, 2.75) is 58.3 Å². The molecule has 0 spiro atoms. The molecular weight excluding hydrogens is 300 g/mol. The quantitative estimate of drug-likeness (QED) is 0.806. The maximum absolute atomic E-state index is 12.1. The Morgan fingerprint density at radius 1 is 1.32 bits per heavy atom. The molecule has 5 heteroatoms. The number of nitrogens with one attached hydrogen (secondary N) is 2. The average molecular weight is 327 g/mol. The van der Waals surface area contributed by atoms with Gasteiger partial charge in [0.25, 0.3) is 0 Å². The zero-order valence-electron chi connectivity index (χ0n) is 13.4. The Labute approximate surface area is 139 Å². The van der Waals surface area contributed by atoms with Gasteiger partial charge in [0.2, 0.25) is 5.91 Å². The van der Waals surface area contributed by atoms with Gasteiger partial charge in [0.1, 0.15) is 0 Å². The maximum Gasteiger partial charge on any atom is 0.224 e. The third kappa shape index (κ3) is 5.95. The van der Waals surface area contributed by atoms with Crippen LogP contribution in [0.2, 0.25) is 0 Å². The lowest BCUT2D eigenvalue weighted by Crippen LogP contribution is -2.18. The third-order valence-electron chi connectivity index (χ3n) is 3.87. The van der Waals surface area contributed by atoms with Gasteiger partial charge in [0.05, 0.1) is 12.2 Å². The van der Waals surface area contributed by atoms with Crippen LogP contribution in [-0.2, 0) is 16.1 Å². The molecule has 0 aliphatic carbocycles. The van der Waals surface area contributed by atoms with Gasteiger partial charge in [-0.05, 0) is 44.4 Å². The van der Waals surface area contributed by atoms with Crippen molar-refractivity contribution in [3.63, 3.8) is 0 Å². The van der Waals surface area contributed by atoms with Gasteiger partial charge < -0.3 is 15.4 Å². The summed E-state index contributed by atoms with van der Waals surface area (Å²) in [5.41, 5.74) is 2.03. The molecule has 124 valence electrons. The van der Waals surface area contributed by atoms with E-state index in [9.17, 15) is 4.79 Å². The fourth-order valence-corrected chi connectivity index (χ4v) is 2.66. The summed E-state index contributed by atoms with van der Waals surface area (Å²) in [5, 5.41) is 6.31. The topological polar surface area (TPSA) is 50.4 Å². The van der Waals surface area contributed by atoms with E-state index in [0.29, 0.717) is 12.5 Å². The van der Waals surface area contributed by atoms with Crippen molar-refractivity contribution < 1.29 is 9.53 Å². The molecule has 0 bridgehead atoms. The number of hydrogen-bond acceptors (Lipinski definition) is 3. The molecule has 2 N–H and O–H groups in total. The SMILES string of the molecule is CCNCc1ccccc1NC(=O)CCC1CCC(C)O1.Cl. The number of para-hydroxylation sites is 1. The summed E-state index contributed by atoms with van der Waals surface area (Å²) in [6.45, 7) is 5.86. The van der Waals surface area contributed by atoms with Crippen LogP contribution < -0.4 is 10.6 Å². The van der Waals surface area contributed by atoms with Crippen LogP contribution in [0.4, 0.5) is 5.69 Å². The summed E-state index contributed by atoms with van der Waals surface area (Å²) in [7, 11) is 0. The van der Waals surface area contributed by atoms with Crippen LogP contribution in [0, 0.1) is 0 Å². The number of rotatable bonds is 7. The highest BCUT2D eigenvalue weighted by Gasteiger charge is 2.22. The van der Waals surface area contributed by atoms with E-state index in [1.165, 1.54) is 0 Å². The van der Waals surface area contributed by atoms with E-state index >= 15 is 0 Å². The van der Waals surface area contributed by atoms with Crippen LogP contribution in [0.1, 0.15) is 45.1 Å². The number of carbonyl (C=O) groups is 1. The molecule has 2 unspecified atom stereocenters. The molecule has 2 rings (SSSR count). The number of halogens is 1. The highest BCUT2D eigenvalue weighted by atomic mass is 35.5. The van der Waals surface area contributed by atoms with Crippen LogP contribution >= 0.6 is 12.4 Å². The number of anilines is 1. The van der Waals surface area contributed by atoms with Gasteiger partial charge in [-0.25, -0.2) is 0 Å². The molecule has 4 nitrogen and oxygen atoms in total. The fourth-order valence-electron chi connectivity index (χ4n) is 2.66. The minimum atomic E-state index is 0. The molecule has 1 aromatic carbocycles. The minimum Gasteiger partial charge on any atom is -0.375 e. The number of hydrogen-bond donors (Lipinski definition) is 2. The molecule has 0 radical (unpaired) electrons. The van der Waals surface area contributed by atoms with Gasteiger partial charge in [0, 0.05) is 18.7 Å². The van der Waals surface area contributed by atoms with Gasteiger partial charge in [-0.15, -0.1) is 12.4 Å². The minimum absolute atomic E-state index is 0. The van der Waals surface area contributed by atoms with Crippen molar-refractivity contribution in [2.75, 3.05) is 11.9 Å². The van der Waals surface area contributed by atoms with Gasteiger partial charge in [-0.3, -0.25) is 4.79 Å². The number of amides is 1. The molecule has 1 saturated heterocycles. The summed E-state index contributed by atoms with van der Waals surface area (Å²) in [6, 6.07) is 7.95. The Morgan fingerprint density at radius 2 is 2.09 bits per heavy atom. The monoisotopic (exact) mass is 326 g/mol. The average Bonchev–Trinajstić information content (AvgIpc) is 2.90. The predicted octanol–water partition coefficient (Wildman–Crippen LogP) is 3.50. The number of benzene rings is 1. The molecule has 1 heterocycles. The van der Waals surface area contributed by atoms with Crippen molar-refractivity contribution in [1.82, 2.24) is 5.32 Å². The van der Waals surface area contributed by atoms with Crippen LogP contribution in [0.15, 0.2) is 24.3 Å². The highest BCUT2D eigenvalue weighted by Crippen LogP contribution is 2.23. The normalized spacial score (nSPS) is 20.5. The molecular formula is C17H27ClN2O2. The van der Waals surface area contributed by atoms with Crippen LogP contribution in [0.5, 0.6) is 0 Å². The molecule has 1 aliphatic heterocycles. The lowest BCUT2D eigenvalue weighted by Gasteiger charge is -2.13. The Hall–Kier alpha value is -1.10. The van der Waals surface area contributed by atoms with E-state index in [4.69, 9.17) is 4.74 Å². The number of carbonyl (C=O) groups excluding carboxylic acids is 1. The zero-order chi connectivity index (χ0) is 15.1. The summed E-state index contributed by atoms with van der Waals surface area (Å²) >= 11 is 0. The van der Waals surface area contributed by atoms with Gasteiger partial charge in [-0.2, -0.15) is 0 Å². The van der Waals surface area contributed by atoms with E-state index < -0.39 is 0 Å². The van der Waals surface area contributed by atoms with E-state index in [1.54, 1.807) is 0 Å². The standard InChI is InChI=1S/C17H26N2O2.ClH/c1-3-18-12-14-6-4-5-7-16(14)19-17(20)11-10-15-9-8-13(2)21-15;/h4-7,13,15,18H,3,8-12H2,1-2H3,(H,19,20);1H. The Morgan fingerprint density at radius 3 is 2.77 bits per heavy atom. The van der Waals surface area contributed by atoms with Crippen molar-refractivity contribution >= 4 is 24.0 Å². The predicted molar refractivity (Wildman–Crippen MR) is 92.5 cm³/mol. The molecule has 0 saturated carbocycles. The molecule has 0 aromatic heterocycles. The first-order valence-electron chi connectivity index (χ1n) is 7.93. The van der Waals surface area contributed by atoms with Gasteiger partial charge in [0.15, 0.2) is 0 Å². The Kier molecular flexibility index (Phi) is 8.46. The van der Waals surface area contributed by atoms with E-state index in [2.05, 4.69) is 24.5 Å². The van der Waals surface area contributed by atoms with Crippen molar-refractivity contribution in [3.8, 4) is 0 Å². The molecule has 1 aliphatic rings. The second-order valence-corrected chi connectivity index (χ2v) is 5.67. The van der Waals surface area contributed by atoms with Crippen LogP contribution in [0.25, 0.3) is 0 Å². The Balaban J connectivity index is 0.00000242. The van der Waals surface area contributed by atoms with Crippen molar-refractivity contribution in [3.05, 3.63) is 29.8 Å². The largest absolute Gasteiger partial charge is 0.375 e. The molecule has 22 heavy (non-hydrogen) atoms. The van der Waals surface area contributed by atoms with Crippen LogP contribution in [0.3, 0.4) is 0 Å². The lowest BCUT2D eigenvalue weighted by molar-refractivity contribution is -0.116. The molecule has 1 amide bonds. The van der Waals surface area contributed by atoms with E-state index in [0.717, 1.165) is 43.6 Å². The smallest absolute Gasteiger partial charge is 0.224 e. The molecule has 2 atom stereocenters. The summed E-state index contributed by atoms with van der Waals surface area (Å²) in [5.74, 6) is 0.0714. The lowest BCUT2D eigenvalue weighted by atomic mass is 10.1. The third-order valence-corrected chi connectivity index (χ3v) is 3.87. The van der Waals surface area contributed by atoms with Crippen molar-refractivity contribution in [1.29, 1.82) is 0 Å². The Bertz CT molecular complexity index is 468. The fraction of sp³-hybridized carbons (Fsp3) is 0.588. The van der Waals surface area contributed by atoms with Crippen LogP contribution in [-0.4, -0.2) is 24.7 Å². The van der Waals surface area contributed by atoms with E-state index in [1.807, 2.05) is 24.3 Å². The van der Waals surface area contributed by atoms with Crippen molar-refractivity contribution in [2.24, 2.45) is 0 Å². The van der Waals surface area contributed by atoms with Gasteiger partial charge >= 0.3 is 0 Å². The number of ether oxygens (including phenoxy) is 1. The maximum atomic E-state index is 12.1. The highest BCUT2D eigenvalue weighted by molar-refractivity contribution is 5.91. The van der Waals surface area contributed by atoms with Gasteiger partial charge in [-0.1, -0.05) is 25.1 Å². The zero-order valence-corrected chi connectivity index (χ0v) is 14.2. The summed E-state index contributed by atoms with van der Waals surface area (Å²) < 4.78 is 5.75. The second-order valence-electron chi connectivity index (χ2n) is 5.67. The molecule has 1 fully saturated rings. The first-order valence-corrected chi connectivity index (χ1v) is 7.93. The first-order chi connectivity index (χ1) is 10.2. The van der Waals surface area contributed by atoms with E-state index in [-0.39, 0.29) is 24.4 Å². The summed E-state index contributed by atoms with van der Waals surface area (Å²) in [6.07, 6.45) is 4.11.